The molecule has 7 heteroatoms. The molecule has 2 N–H and O–H groups in total. The van der Waals surface area contributed by atoms with Crippen molar-refractivity contribution in [3.63, 3.8) is 0 Å². The lowest BCUT2D eigenvalue weighted by atomic mass is 10.3. The van der Waals surface area contributed by atoms with Gasteiger partial charge in [0.15, 0.2) is 0 Å². The SMILES string of the molecule is Nc1cnc(Oc2cccc([N+](=O)[O-])c2)cn1. The molecule has 17 heavy (non-hydrogen) atoms. The lowest BCUT2D eigenvalue weighted by Gasteiger charge is -2.03. The molecule has 0 fully saturated rings. The number of benzene rings is 1. The van der Waals surface area contributed by atoms with Gasteiger partial charge in [-0.3, -0.25) is 10.1 Å². The average Bonchev–Trinajstić information content (AvgIpc) is 2.32. The van der Waals surface area contributed by atoms with E-state index in [9.17, 15) is 10.1 Å². The number of nitro groups is 1. The van der Waals surface area contributed by atoms with Gasteiger partial charge in [-0.05, 0) is 6.07 Å². The Morgan fingerprint density at radius 1 is 1.29 bits per heavy atom. The summed E-state index contributed by atoms with van der Waals surface area (Å²) in [6, 6.07) is 5.79. The van der Waals surface area contributed by atoms with E-state index in [-0.39, 0.29) is 17.4 Å². The lowest BCUT2D eigenvalue weighted by Crippen LogP contribution is -1.94. The number of rotatable bonds is 3. The van der Waals surface area contributed by atoms with Crippen LogP contribution in [-0.2, 0) is 0 Å². The van der Waals surface area contributed by atoms with Crippen LogP contribution in [0.1, 0.15) is 0 Å². The molecule has 0 saturated carbocycles. The molecule has 7 nitrogen and oxygen atoms in total. The second-order valence-electron chi connectivity index (χ2n) is 3.14. The fraction of sp³-hybridized carbons (Fsp3) is 0. The summed E-state index contributed by atoms with van der Waals surface area (Å²) >= 11 is 0. The number of nitro benzene ring substituents is 1. The maximum absolute atomic E-state index is 10.6. The molecule has 0 saturated heterocycles. The maximum Gasteiger partial charge on any atom is 0.273 e. The fourth-order valence-electron chi connectivity index (χ4n) is 1.16. The number of nitrogens with two attached hydrogens (primary N) is 1. The van der Waals surface area contributed by atoms with Gasteiger partial charge in [-0.1, -0.05) is 6.07 Å². The van der Waals surface area contributed by atoms with Crippen LogP contribution in [0.4, 0.5) is 11.5 Å². The van der Waals surface area contributed by atoms with Crippen molar-refractivity contribution in [2.24, 2.45) is 0 Å². The lowest BCUT2D eigenvalue weighted by molar-refractivity contribution is -0.384. The Hall–Kier alpha value is -2.70. The van der Waals surface area contributed by atoms with Crippen LogP contribution in [0.3, 0.4) is 0 Å². The molecule has 2 rings (SSSR count). The summed E-state index contributed by atoms with van der Waals surface area (Å²) in [4.78, 5) is 17.7. The summed E-state index contributed by atoms with van der Waals surface area (Å²) in [5, 5.41) is 10.6. The Balaban J connectivity index is 2.21. The number of anilines is 1. The van der Waals surface area contributed by atoms with E-state index in [1.54, 1.807) is 6.07 Å². The van der Waals surface area contributed by atoms with Gasteiger partial charge in [0.1, 0.15) is 11.6 Å². The quantitative estimate of drug-likeness (QED) is 0.638. The minimum atomic E-state index is -0.498. The van der Waals surface area contributed by atoms with E-state index >= 15 is 0 Å². The summed E-state index contributed by atoms with van der Waals surface area (Å²) in [6.45, 7) is 0. The van der Waals surface area contributed by atoms with Crippen molar-refractivity contribution in [1.29, 1.82) is 0 Å². The standard InChI is InChI=1S/C10H8N4O3/c11-9-5-13-10(6-12-9)17-8-3-1-2-7(4-8)14(15)16/h1-6H,(H2,11,12). The molecule has 0 aliphatic rings. The number of ether oxygens (including phenoxy) is 1. The van der Waals surface area contributed by atoms with Crippen LogP contribution in [0.15, 0.2) is 36.7 Å². The predicted molar refractivity (Wildman–Crippen MR) is 59.6 cm³/mol. The molecular weight excluding hydrogens is 224 g/mol. The second kappa shape index (κ2) is 4.44. The molecular formula is C10H8N4O3. The van der Waals surface area contributed by atoms with E-state index in [1.165, 1.54) is 30.6 Å². The zero-order valence-corrected chi connectivity index (χ0v) is 8.61. The molecule has 2 aromatic rings. The van der Waals surface area contributed by atoms with Gasteiger partial charge in [0, 0.05) is 6.07 Å². The van der Waals surface area contributed by atoms with Crippen molar-refractivity contribution >= 4 is 11.5 Å². The van der Waals surface area contributed by atoms with Gasteiger partial charge in [0.2, 0.25) is 5.88 Å². The van der Waals surface area contributed by atoms with Crippen LogP contribution in [0.2, 0.25) is 0 Å². The highest BCUT2D eigenvalue weighted by molar-refractivity contribution is 5.39. The highest BCUT2D eigenvalue weighted by Crippen LogP contribution is 2.23. The van der Waals surface area contributed by atoms with Crippen LogP contribution in [-0.4, -0.2) is 14.9 Å². The topological polar surface area (TPSA) is 104 Å². The summed E-state index contributed by atoms with van der Waals surface area (Å²) in [6.07, 6.45) is 2.68. The van der Waals surface area contributed by atoms with E-state index in [2.05, 4.69) is 9.97 Å². The maximum atomic E-state index is 10.6. The molecule has 0 unspecified atom stereocenters. The van der Waals surface area contributed by atoms with Crippen LogP contribution in [0.5, 0.6) is 11.6 Å². The van der Waals surface area contributed by atoms with Gasteiger partial charge in [-0.25, -0.2) is 9.97 Å². The first-order valence-corrected chi connectivity index (χ1v) is 4.65. The van der Waals surface area contributed by atoms with E-state index in [1.807, 2.05) is 0 Å². The van der Waals surface area contributed by atoms with Gasteiger partial charge in [0.25, 0.3) is 5.69 Å². The molecule has 0 atom stereocenters. The van der Waals surface area contributed by atoms with Gasteiger partial charge >= 0.3 is 0 Å². The highest BCUT2D eigenvalue weighted by Gasteiger charge is 2.07. The van der Waals surface area contributed by atoms with Crippen molar-refractivity contribution < 1.29 is 9.66 Å². The van der Waals surface area contributed by atoms with Gasteiger partial charge in [-0.2, -0.15) is 0 Å². The summed E-state index contributed by atoms with van der Waals surface area (Å²) < 4.78 is 5.29. The number of hydrogen-bond donors (Lipinski definition) is 1. The highest BCUT2D eigenvalue weighted by atomic mass is 16.6. The first kappa shape index (κ1) is 10.8. The Kier molecular flexibility index (Phi) is 2.82. The van der Waals surface area contributed by atoms with E-state index in [4.69, 9.17) is 10.5 Å². The number of hydrogen-bond acceptors (Lipinski definition) is 6. The minimum absolute atomic E-state index is 0.0501. The molecule has 0 aliphatic carbocycles. The van der Waals surface area contributed by atoms with Crippen LogP contribution in [0, 0.1) is 10.1 Å². The third kappa shape index (κ3) is 2.65. The van der Waals surface area contributed by atoms with E-state index < -0.39 is 4.92 Å². The molecule has 1 aromatic carbocycles. The molecule has 0 radical (unpaired) electrons. The number of aromatic nitrogens is 2. The number of nitrogen functional groups attached to an aromatic ring is 1. The summed E-state index contributed by atoms with van der Waals surface area (Å²) in [5.41, 5.74) is 5.32. The van der Waals surface area contributed by atoms with Crippen LogP contribution < -0.4 is 10.5 Å². The monoisotopic (exact) mass is 232 g/mol. The Bertz CT molecular complexity index is 542. The molecule has 1 aromatic heterocycles. The normalized spacial score (nSPS) is 9.88. The fourth-order valence-corrected chi connectivity index (χ4v) is 1.16. The largest absolute Gasteiger partial charge is 0.437 e. The van der Waals surface area contributed by atoms with Gasteiger partial charge < -0.3 is 10.5 Å². The zero-order chi connectivity index (χ0) is 12.3. The van der Waals surface area contributed by atoms with Crippen molar-refractivity contribution in [2.45, 2.75) is 0 Å². The van der Waals surface area contributed by atoms with Crippen molar-refractivity contribution in [3.05, 3.63) is 46.8 Å². The van der Waals surface area contributed by atoms with Crippen LogP contribution >= 0.6 is 0 Å². The third-order valence-electron chi connectivity index (χ3n) is 1.90. The van der Waals surface area contributed by atoms with Crippen molar-refractivity contribution in [2.75, 3.05) is 5.73 Å². The van der Waals surface area contributed by atoms with Crippen LogP contribution in [0.25, 0.3) is 0 Å². The number of non-ortho nitro benzene ring substituents is 1. The zero-order valence-electron chi connectivity index (χ0n) is 8.61. The first-order valence-electron chi connectivity index (χ1n) is 4.65. The summed E-state index contributed by atoms with van der Waals surface area (Å²) in [5.74, 6) is 0.814. The second-order valence-corrected chi connectivity index (χ2v) is 3.14. The van der Waals surface area contributed by atoms with Gasteiger partial charge in [0.05, 0.1) is 23.4 Å². The van der Waals surface area contributed by atoms with Crippen molar-refractivity contribution in [3.8, 4) is 11.6 Å². The van der Waals surface area contributed by atoms with E-state index in [0.29, 0.717) is 5.75 Å². The minimum Gasteiger partial charge on any atom is -0.437 e. The Morgan fingerprint density at radius 2 is 2.12 bits per heavy atom. The third-order valence-corrected chi connectivity index (χ3v) is 1.90. The molecule has 0 bridgehead atoms. The molecule has 0 amide bonds. The Morgan fingerprint density at radius 3 is 2.76 bits per heavy atom. The van der Waals surface area contributed by atoms with Crippen molar-refractivity contribution in [1.82, 2.24) is 9.97 Å². The van der Waals surface area contributed by atoms with E-state index in [0.717, 1.165) is 0 Å². The smallest absolute Gasteiger partial charge is 0.273 e. The number of nitrogens with zero attached hydrogens (tertiary/aromatic N) is 3. The average molecular weight is 232 g/mol. The molecule has 0 aliphatic heterocycles. The molecule has 86 valence electrons. The first-order chi connectivity index (χ1) is 8.15. The van der Waals surface area contributed by atoms with Gasteiger partial charge in [-0.15, -0.1) is 0 Å². The molecule has 0 spiro atoms. The predicted octanol–water partition coefficient (Wildman–Crippen LogP) is 1.76. The Labute approximate surface area is 96.0 Å². The summed E-state index contributed by atoms with van der Waals surface area (Å²) in [7, 11) is 0. The molecule has 1 heterocycles.